The summed E-state index contributed by atoms with van der Waals surface area (Å²) in [4.78, 5) is 0. The van der Waals surface area contributed by atoms with Crippen molar-refractivity contribution in [2.75, 3.05) is 18.1 Å². The van der Waals surface area contributed by atoms with Gasteiger partial charge in [-0.25, -0.2) is 0 Å². The van der Waals surface area contributed by atoms with E-state index in [1.807, 2.05) is 6.92 Å². The lowest BCUT2D eigenvalue weighted by atomic mass is 10.0. The molecule has 1 aromatic rings. The quantitative estimate of drug-likeness (QED) is 0.742. The van der Waals surface area contributed by atoms with Gasteiger partial charge in [0.15, 0.2) is 0 Å². The zero-order chi connectivity index (χ0) is 14.3. The minimum Gasteiger partial charge on any atom is -0.310 e. The number of thioether (sulfide) groups is 1. The number of benzene rings is 1. The van der Waals surface area contributed by atoms with Gasteiger partial charge in [0.2, 0.25) is 0 Å². The molecule has 0 radical (unpaired) electrons. The number of rotatable bonds is 7. The first kappa shape index (κ1) is 16.4. The molecule has 1 atom stereocenters. The number of halogens is 3. The van der Waals surface area contributed by atoms with Crippen LogP contribution in [0.4, 0.5) is 13.2 Å². The predicted octanol–water partition coefficient (Wildman–Crippen LogP) is 4.50. The van der Waals surface area contributed by atoms with Gasteiger partial charge in [-0.1, -0.05) is 26.0 Å². The number of alkyl halides is 3. The van der Waals surface area contributed by atoms with E-state index in [2.05, 4.69) is 12.2 Å². The highest BCUT2D eigenvalue weighted by Crippen LogP contribution is 2.31. The average molecular weight is 291 g/mol. The average Bonchev–Trinajstić information content (AvgIpc) is 2.37. The molecular formula is C14H20F3NS. The lowest BCUT2D eigenvalue weighted by molar-refractivity contribution is -0.137. The van der Waals surface area contributed by atoms with Crippen molar-refractivity contribution in [1.82, 2.24) is 5.32 Å². The minimum atomic E-state index is -4.27. The molecule has 1 unspecified atom stereocenters. The van der Waals surface area contributed by atoms with Gasteiger partial charge in [-0.3, -0.25) is 0 Å². The Bertz CT molecular complexity index is 379. The Morgan fingerprint density at radius 3 is 2.58 bits per heavy atom. The summed E-state index contributed by atoms with van der Waals surface area (Å²) in [5, 5.41) is 3.25. The van der Waals surface area contributed by atoms with Gasteiger partial charge in [0.05, 0.1) is 5.56 Å². The Hall–Kier alpha value is -0.680. The molecular weight excluding hydrogens is 271 g/mol. The van der Waals surface area contributed by atoms with Gasteiger partial charge in [-0.15, -0.1) is 0 Å². The van der Waals surface area contributed by atoms with Crippen molar-refractivity contribution in [3.05, 3.63) is 35.4 Å². The summed E-state index contributed by atoms with van der Waals surface area (Å²) >= 11 is 1.77. The molecule has 0 aliphatic rings. The van der Waals surface area contributed by atoms with Crippen molar-refractivity contribution in [2.45, 2.75) is 32.5 Å². The second-order valence-electron chi connectivity index (χ2n) is 4.31. The summed E-state index contributed by atoms with van der Waals surface area (Å²) in [6, 6.07) is 5.58. The second kappa shape index (κ2) is 7.80. The van der Waals surface area contributed by atoms with Gasteiger partial charge in [0, 0.05) is 11.8 Å². The Morgan fingerprint density at radius 2 is 2.00 bits per heavy atom. The van der Waals surface area contributed by atoms with Crippen molar-refractivity contribution in [1.29, 1.82) is 0 Å². The van der Waals surface area contributed by atoms with Gasteiger partial charge in [0.1, 0.15) is 0 Å². The Labute approximate surface area is 117 Å². The van der Waals surface area contributed by atoms with E-state index in [0.717, 1.165) is 30.5 Å². The summed E-state index contributed by atoms with van der Waals surface area (Å²) in [7, 11) is 0. The number of hydrogen-bond acceptors (Lipinski definition) is 2. The molecule has 108 valence electrons. The zero-order valence-corrected chi connectivity index (χ0v) is 12.1. The fourth-order valence-corrected chi connectivity index (χ4v) is 2.80. The van der Waals surface area contributed by atoms with Crippen molar-refractivity contribution in [3.8, 4) is 0 Å². The number of nitrogens with one attached hydrogen (secondary N) is 1. The molecule has 1 N–H and O–H groups in total. The standard InChI is InChI=1S/C14H20F3NS/c1-3-8-19-10-13(18-4-2)11-6-5-7-12(9-11)14(15,16)17/h5-7,9,13,18H,3-4,8,10H2,1-2H3. The van der Waals surface area contributed by atoms with Crippen LogP contribution >= 0.6 is 11.8 Å². The smallest absolute Gasteiger partial charge is 0.310 e. The highest BCUT2D eigenvalue weighted by molar-refractivity contribution is 7.99. The highest BCUT2D eigenvalue weighted by Gasteiger charge is 2.30. The highest BCUT2D eigenvalue weighted by atomic mass is 32.2. The summed E-state index contributed by atoms with van der Waals surface area (Å²) in [5.41, 5.74) is 0.133. The summed E-state index contributed by atoms with van der Waals surface area (Å²) in [6.07, 6.45) is -3.20. The first-order chi connectivity index (χ1) is 8.99. The van der Waals surface area contributed by atoms with Crippen LogP contribution in [-0.4, -0.2) is 18.1 Å². The lowest BCUT2D eigenvalue weighted by Crippen LogP contribution is -2.23. The van der Waals surface area contributed by atoms with Crippen LogP contribution in [0.3, 0.4) is 0 Å². The fraction of sp³-hybridized carbons (Fsp3) is 0.571. The van der Waals surface area contributed by atoms with E-state index in [4.69, 9.17) is 0 Å². The van der Waals surface area contributed by atoms with Crippen molar-refractivity contribution >= 4 is 11.8 Å². The molecule has 0 aliphatic carbocycles. The van der Waals surface area contributed by atoms with Crippen LogP contribution in [0.15, 0.2) is 24.3 Å². The van der Waals surface area contributed by atoms with E-state index < -0.39 is 11.7 Å². The number of hydrogen-bond donors (Lipinski definition) is 1. The molecule has 0 amide bonds. The third-order valence-electron chi connectivity index (χ3n) is 2.70. The van der Waals surface area contributed by atoms with Crippen LogP contribution in [-0.2, 0) is 6.18 Å². The van der Waals surface area contributed by atoms with Crippen LogP contribution in [0.25, 0.3) is 0 Å². The second-order valence-corrected chi connectivity index (χ2v) is 5.46. The molecule has 1 nitrogen and oxygen atoms in total. The van der Waals surface area contributed by atoms with E-state index in [-0.39, 0.29) is 6.04 Å². The maximum absolute atomic E-state index is 12.7. The van der Waals surface area contributed by atoms with Crippen molar-refractivity contribution in [2.24, 2.45) is 0 Å². The van der Waals surface area contributed by atoms with Crippen molar-refractivity contribution in [3.63, 3.8) is 0 Å². The SMILES string of the molecule is CCCSCC(NCC)c1cccc(C(F)(F)F)c1. The predicted molar refractivity (Wildman–Crippen MR) is 75.5 cm³/mol. The topological polar surface area (TPSA) is 12.0 Å². The summed E-state index contributed by atoms with van der Waals surface area (Å²) < 4.78 is 38.1. The van der Waals surface area contributed by atoms with E-state index >= 15 is 0 Å². The van der Waals surface area contributed by atoms with Crippen LogP contribution in [0.2, 0.25) is 0 Å². The lowest BCUT2D eigenvalue weighted by Gasteiger charge is -2.19. The normalized spacial score (nSPS) is 13.5. The molecule has 1 rings (SSSR count). The molecule has 0 fully saturated rings. The molecule has 0 saturated carbocycles. The van der Waals surface area contributed by atoms with Crippen LogP contribution in [0, 0.1) is 0 Å². The van der Waals surface area contributed by atoms with Crippen LogP contribution < -0.4 is 5.32 Å². The molecule has 0 spiro atoms. The molecule has 0 aromatic heterocycles. The molecule has 0 bridgehead atoms. The molecule has 1 aromatic carbocycles. The first-order valence-electron chi connectivity index (χ1n) is 6.47. The van der Waals surface area contributed by atoms with Crippen molar-refractivity contribution < 1.29 is 13.2 Å². The van der Waals surface area contributed by atoms with E-state index in [1.165, 1.54) is 12.1 Å². The van der Waals surface area contributed by atoms with Crippen LogP contribution in [0.5, 0.6) is 0 Å². The maximum Gasteiger partial charge on any atom is 0.416 e. The summed E-state index contributed by atoms with van der Waals surface area (Å²) in [5.74, 6) is 1.82. The molecule has 19 heavy (non-hydrogen) atoms. The van der Waals surface area contributed by atoms with Gasteiger partial charge in [0.25, 0.3) is 0 Å². The third kappa shape index (κ3) is 5.45. The van der Waals surface area contributed by atoms with Gasteiger partial charge in [-0.2, -0.15) is 24.9 Å². The molecule has 0 saturated heterocycles. The van der Waals surface area contributed by atoms with Gasteiger partial charge >= 0.3 is 6.18 Å². The fourth-order valence-electron chi connectivity index (χ4n) is 1.80. The van der Waals surface area contributed by atoms with E-state index in [0.29, 0.717) is 5.56 Å². The molecule has 5 heteroatoms. The van der Waals surface area contributed by atoms with E-state index in [9.17, 15) is 13.2 Å². The summed E-state index contributed by atoms with van der Waals surface area (Å²) in [6.45, 7) is 4.80. The maximum atomic E-state index is 12.7. The monoisotopic (exact) mass is 291 g/mol. The zero-order valence-electron chi connectivity index (χ0n) is 11.3. The first-order valence-corrected chi connectivity index (χ1v) is 7.62. The van der Waals surface area contributed by atoms with Gasteiger partial charge < -0.3 is 5.32 Å². The van der Waals surface area contributed by atoms with Gasteiger partial charge in [-0.05, 0) is 36.4 Å². The largest absolute Gasteiger partial charge is 0.416 e. The Balaban J connectivity index is 2.83. The Kier molecular flexibility index (Phi) is 6.72. The third-order valence-corrected chi connectivity index (χ3v) is 3.97. The molecule has 0 aliphatic heterocycles. The Morgan fingerprint density at radius 1 is 1.26 bits per heavy atom. The van der Waals surface area contributed by atoms with E-state index in [1.54, 1.807) is 17.8 Å². The van der Waals surface area contributed by atoms with Crippen LogP contribution in [0.1, 0.15) is 37.4 Å². The molecule has 0 heterocycles. The minimum absolute atomic E-state index is 0.0242.